The van der Waals surface area contributed by atoms with Gasteiger partial charge >= 0.3 is 0 Å². The number of rotatable bonds is 10. The van der Waals surface area contributed by atoms with Crippen molar-refractivity contribution >= 4 is 35.2 Å². The largest absolute Gasteiger partial charge is 0.381 e. The van der Waals surface area contributed by atoms with Gasteiger partial charge < -0.3 is 25.5 Å². The van der Waals surface area contributed by atoms with Crippen LogP contribution < -0.4 is 15.5 Å². The maximum absolute atomic E-state index is 13.9. The van der Waals surface area contributed by atoms with E-state index in [0.717, 1.165) is 22.4 Å². The van der Waals surface area contributed by atoms with Gasteiger partial charge in [-0.15, -0.1) is 11.8 Å². The normalized spacial score (nSPS) is 17.3. The third-order valence-electron chi connectivity index (χ3n) is 7.67. The van der Waals surface area contributed by atoms with Crippen molar-refractivity contribution in [1.82, 2.24) is 15.5 Å². The summed E-state index contributed by atoms with van der Waals surface area (Å²) in [6, 6.07) is 22.7. The van der Waals surface area contributed by atoms with Crippen molar-refractivity contribution in [3.05, 3.63) is 101 Å². The van der Waals surface area contributed by atoms with Crippen molar-refractivity contribution < 1.29 is 19.5 Å². The van der Waals surface area contributed by atoms with Crippen LogP contribution in [-0.4, -0.2) is 70.6 Å². The van der Waals surface area contributed by atoms with Crippen molar-refractivity contribution in [1.29, 1.82) is 0 Å². The second-order valence-corrected chi connectivity index (χ2v) is 13.0. The highest BCUT2D eigenvalue weighted by molar-refractivity contribution is 8.00. The number of hydrogen-bond donors (Lipinski definition) is 3. The molecule has 1 saturated heterocycles. The Morgan fingerprint density at radius 3 is 2.40 bits per heavy atom. The monoisotopic (exact) mass is 588 g/mol. The summed E-state index contributed by atoms with van der Waals surface area (Å²) in [6.07, 6.45) is -1.33. The van der Waals surface area contributed by atoms with E-state index in [2.05, 4.69) is 10.6 Å². The fraction of sp³-hybridized carbons (Fsp3) is 0.364. The number of anilines is 1. The lowest BCUT2D eigenvalue weighted by atomic mass is 9.96. The average molecular weight is 589 g/mol. The molecule has 1 aliphatic rings. The lowest BCUT2D eigenvalue weighted by Crippen LogP contribution is -2.58. The Morgan fingerprint density at radius 2 is 1.71 bits per heavy atom. The number of aryl methyl sites for hydroxylation is 1. The highest BCUT2D eigenvalue weighted by Gasteiger charge is 2.49. The van der Waals surface area contributed by atoms with E-state index < -0.39 is 34.7 Å². The molecule has 4 rings (SSSR count). The van der Waals surface area contributed by atoms with Crippen molar-refractivity contribution in [3.8, 4) is 0 Å². The molecule has 1 aliphatic heterocycles. The predicted molar refractivity (Wildman–Crippen MR) is 168 cm³/mol. The second-order valence-electron chi connectivity index (χ2n) is 11.4. The van der Waals surface area contributed by atoms with E-state index in [1.54, 1.807) is 18.2 Å². The molecule has 0 saturated carbocycles. The summed E-state index contributed by atoms with van der Waals surface area (Å²) in [5.41, 5.74) is 4.20. The fourth-order valence-electron chi connectivity index (χ4n) is 5.13. The van der Waals surface area contributed by atoms with Gasteiger partial charge in [0.05, 0.1) is 11.9 Å². The molecule has 8 nitrogen and oxygen atoms in total. The maximum Gasteiger partial charge on any atom is 0.254 e. The fourth-order valence-corrected chi connectivity index (χ4v) is 6.27. The Kier molecular flexibility index (Phi) is 9.96. The first-order valence-electron chi connectivity index (χ1n) is 14.0. The average Bonchev–Trinajstić information content (AvgIpc) is 3.30. The number of carbonyl (C=O) groups is 3. The van der Waals surface area contributed by atoms with Crippen LogP contribution in [-0.2, 0) is 22.6 Å². The van der Waals surface area contributed by atoms with Crippen molar-refractivity contribution in [2.75, 3.05) is 24.9 Å². The Labute approximate surface area is 252 Å². The Balaban J connectivity index is 1.55. The number of aliphatic hydroxyl groups excluding tert-OH is 1. The highest BCUT2D eigenvalue weighted by Crippen LogP contribution is 2.40. The molecule has 0 radical (unpaired) electrons. The molecule has 0 aliphatic carbocycles. The zero-order valence-corrected chi connectivity index (χ0v) is 25.7. The van der Waals surface area contributed by atoms with Crippen LogP contribution in [0.3, 0.4) is 0 Å². The van der Waals surface area contributed by atoms with E-state index >= 15 is 0 Å². The Morgan fingerprint density at radius 1 is 1.02 bits per heavy atom. The zero-order chi connectivity index (χ0) is 30.4. The van der Waals surface area contributed by atoms with Crippen LogP contribution in [0.25, 0.3) is 0 Å². The van der Waals surface area contributed by atoms with Crippen LogP contribution in [0.5, 0.6) is 0 Å². The summed E-state index contributed by atoms with van der Waals surface area (Å²) >= 11 is 1.49. The highest BCUT2D eigenvalue weighted by atomic mass is 32.2. The van der Waals surface area contributed by atoms with Gasteiger partial charge in [-0.3, -0.25) is 14.4 Å². The molecule has 3 atom stereocenters. The summed E-state index contributed by atoms with van der Waals surface area (Å²) in [4.78, 5) is 44.1. The molecular formula is C33H40N4O4S. The quantitative estimate of drug-likeness (QED) is 0.334. The molecule has 0 bridgehead atoms. The van der Waals surface area contributed by atoms with Gasteiger partial charge in [-0.25, -0.2) is 0 Å². The van der Waals surface area contributed by atoms with E-state index in [9.17, 15) is 19.5 Å². The summed E-state index contributed by atoms with van der Waals surface area (Å²) < 4.78 is -0.573. The minimum atomic E-state index is -1.56. The van der Waals surface area contributed by atoms with Crippen LogP contribution in [0, 0.1) is 6.92 Å². The summed E-state index contributed by atoms with van der Waals surface area (Å²) in [5, 5.41) is 17.4. The number of carbonyl (C=O) groups excluding carboxylic acids is 3. The van der Waals surface area contributed by atoms with E-state index in [0.29, 0.717) is 12.1 Å². The molecule has 222 valence electrons. The molecule has 3 aromatic rings. The minimum absolute atomic E-state index is 0.237. The van der Waals surface area contributed by atoms with Crippen molar-refractivity contribution in [2.45, 2.75) is 56.7 Å². The number of nitrogens with zero attached hydrogens (tertiary/aromatic N) is 2. The lowest BCUT2D eigenvalue weighted by Gasteiger charge is -2.33. The van der Waals surface area contributed by atoms with Gasteiger partial charge in [0.15, 0.2) is 6.10 Å². The van der Waals surface area contributed by atoms with Crippen LogP contribution in [0.15, 0.2) is 78.9 Å². The maximum atomic E-state index is 13.9. The van der Waals surface area contributed by atoms with Crippen LogP contribution in [0.2, 0.25) is 0 Å². The number of aliphatic hydroxyl groups is 1. The van der Waals surface area contributed by atoms with Crippen LogP contribution in [0.4, 0.5) is 5.69 Å². The molecule has 42 heavy (non-hydrogen) atoms. The first kappa shape index (κ1) is 31.1. The summed E-state index contributed by atoms with van der Waals surface area (Å²) in [6.45, 7) is 6.18. The van der Waals surface area contributed by atoms with Gasteiger partial charge in [0.1, 0.15) is 6.04 Å². The van der Waals surface area contributed by atoms with Crippen LogP contribution in [0.1, 0.15) is 40.9 Å². The number of nitrogens with one attached hydrogen (secondary N) is 2. The molecule has 9 heteroatoms. The lowest BCUT2D eigenvalue weighted by molar-refractivity contribution is -0.147. The van der Waals surface area contributed by atoms with Crippen molar-refractivity contribution in [3.63, 3.8) is 0 Å². The molecule has 1 heterocycles. The van der Waals surface area contributed by atoms with E-state index in [-0.39, 0.29) is 18.2 Å². The summed E-state index contributed by atoms with van der Waals surface area (Å²) in [7, 11) is 3.78. The SMILES string of the molecule is Cc1ccccc1CNC(=O)C1N(C(=O)C(O)C(Cc2ccccc2)NC(=O)c2cccc(N(C)C)c2)CSC1(C)C. The van der Waals surface area contributed by atoms with E-state index in [1.165, 1.54) is 16.7 Å². The molecule has 3 N–H and O–H groups in total. The summed E-state index contributed by atoms with van der Waals surface area (Å²) in [5.74, 6) is -1.01. The van der Waals surface area contributed by atoms with Gasteiger partial charge in [0.2, 0.25) is 5.91 Å². The van der Waals surface area contributed by atoms with Gasteiger partial charge in [-0.05, 0) is 62.1 Å². The third-order valence-corrected chi connectivity index (χ3v) is 9.04. The van der Waals surface area contributed by atoms with Gasteiger partial charge in [0, 0.05) is 36.6 Å². The number of benzene rings is 3. The standard InChI is InChI=1S/C33H40N4O4S/c1-22-12-9-10-15-25(22)20-34-31(40)29-33(2,3)42-21-37(29)32(41)28(38)27(18-23-13-7-6-8-14-23)35-30(39)24-16-11-17-26(19-24)36(4)5/h6-17,19,27-29,38H,18,20-21H2,1-5H3,(H,34,40)(H,35,39). The van der Waals surface area contributed by atoms with Gasteiger partial charge in [0.25, 0.3) is 11.8 Å². The zero-order valence-electron chi connectivity index (χ0n) is 24.8. The molecule has 0 aromatic heterocycles. The third kappa shape index (κ3) is 7.33. The first-order chi connectivity index (χ1) is 20.0. The van der Waals surface area contributed by atoms with E-state index in [4.69, 9.17) is 0 Å². The van der Waals surface area contributed by atoms with Crippen molar-refractivity contribution in [2.24, 2.45) is 0 Å². The van der Waals surface area contributed by atoms with Gasteiger partial charge in [-0.1, -0.05) is 60.7 Å². The molecule has 3 aromatic carbocycles. The molecule has 1 fully saturated rings. The Bertz CT molecular complexity index is 1410. The van der Waals surface area contributed by atoms with E-state index in [1.807, 2.05) is 100 Å². The van der Waals surface area contributed by atoms with Crippen LogP contribution >= 0.6 is 11.8 Å². The molecule has 3 unspecified atom stereocenters. The molecule has 0 spiro atoms. The first-order valence-corrected chi connectivity index (χ1v) is 15.0. The number of hydrogen-bond acceptors (Lipinski definition) is 6. The smallest absolute Gasteiger partial charge is 0.254 e. The number of amides is 3. The Hall–Kier alpha value is -3.82. The topological polar surface area (TPSA) is 102 Å². The van der Waals surface area contributed by atoms with Gasteiger partial charge in [-0.2, -0.15) is 0 Å². The predicted octanol–water partition coefficient (Wildman–Crippen LogP) is 3.76. The molecule has 3 amide bonds. The minimum Gasteiger partial charge on any atom is -0.381 e. The number of thioether (sulfide) groups is 1. The second kappa shape index (κ2) is 13.4. The molecular weight excluding hydrogens is 548 g/mol.